The fourth-order valence-corrected chi connectivity index (χ4v) is 3.23. The highest BCUT2D eigenvalue weighted by molar-refractivity contribution is 7.98. The molecule has 1 aromatic heterocycles. The molecule has 8 heteroatoms. The van der Waals surface area contributed by atoms with Gasteiger partial charge in [-0.05, 0) is 36.2 Å². The van der Waals surface area contributed by atoms with Crippen LogP contribution in [0.15, 0.2) is 59.8 Å². The van der Waals surface area contributed by atoms with Gasteiger partial charge in [0.25, 0.3) is 0 Å². The van der Waals surface area contributed by atoms with Crippen molar-refractivity contribution in [2.75, 3.05) is 0 Å². The highest BCUT2D eigenvalue weighted by Crippen LogP contribution is 2.33. The van der Waals surface area contributed by atoms with Gasteiger partial charge in [-0.1, -0.05) is 53.7 Å². The number of aryl methyl sites for hydroxylation is 1. The third-order valence-corrected chi connectivity index (χ3v) is 4.69. The van der Waals surface area contributed by atoms with Gasteiger partial charge in [-0.15, -0.1) is 0 Å². The fourth-order valence-electron chi connectivity index (χ4n) is 2.22. The minimum Gasteiger partial charge on any atom is -0.439 e. The Hall–Kier alpha value is -2.25. The number of halogens is 4. The molecule has 27 heavy (non-hydrogen) atoms. The number of ether oxygens (including phenoxy) is 1. The maximum absolute atomic E-state index is 13.2. The van der Waals surface area contributed by atoms with Crippen molar-refractivity contribution in [1.29, 1.82) is 0 Å². The van der Waals surface area contributed by atoms with Crippen molar-refractivity contribution in [3.63, 3.8) is 0 Å². The number of para-hydroxylation sites is 1. The third-order valence-electron chi connectivity index (χ3n) is 3.54. The van der Waals surface area contributed by atoms with E-state index in [-0.39, 0.29) is 11.0 Å². The second-order valence-electron chi connectivity index (χ2n) is 5.66. The average molecular weight is 411 g/mol. The van der Waals surface area contributed by atoms with Crippen LogP contribution in [0.4, 0.5) is 13.2 Å². The molecule has 0 unspecified atom stereocenters. The molecule has 0 bridgehead atoms. The van der Waals surface area contributed by atoms with Crippen LogP contribution < -0.4 is 4.74 Å². The Morgan fingerprint density at radius 1 is 1.04 bits per heavy atom. The Bertz CT molecular complexity index is 950. The summed E-state index contributed by atoms with van der Waals surface area (Å²) in [6.07, 6.45) is -4.60. The molecule has 0 radical (unpaired) electrons. The molecule has 0 aliphatic carbocycles. The third kappa shape index (κ3) is 5.37. The SMILES string of the molecule is Cc1ccccc1Oc1cc(C(F)(F)F)nc(SCc2cccc(Cl)c2)n1. The molecule has 0 aliphatic heterocycles. The van der Waals surface area contributed by atoms with Gasteiger partial charge in [0.05, 0.1) is 0 Å². The summed E-state index contributed by atoms with van der Waals surface area (Å²) in [7, 11) is 0. The molecule has 0 N–H and O–H groups in total. The lowest BCUT2D eigenvalue weighted by molar-refractivity contribution is -0.141. The number of nitrogens with zero attached hydrogens (tertiary/aromatic N) is 2. The summed E-state index contributed by atoms with van der Waals surface area (Å²) in [4.78, 5) is 7.74. The molecule has 3 aromatic rings. The maximum Gasteiger partial charge on any atom is 0.433 e. The van der Waals surface area contributed by atoms with Gasteiger partial charge in [-0.3, -0.25) is 0 Å². The highest BCUT2D eigenvalue weighted by atomic mass is 35.5. The zero-order valence-corrected chi connectivity index (χ0v) is 15.7. The van der Waals surface area contributed by atoms with Crippen LogP contribution in [-0.2, 0) is 11.9 Å². The Morgan fingerprint density at radius 2 is 1.81 bits per heavy atom. The van der Waals surface area contributed by atoms with Gasteiger partial charge >= 0.3 is 6.18 Å². The number of alkyl halides is 3. The Balaban J connectivity index is 1.87. The van der Waals surface area contributed by atoms with E-state index >= 15 is 0 Å². The Kier molecular flexibility index (Phi) is 5.92. The smallest absolute Gasteiger partial charge is 0.433 e. The summed E-state index contributed by atoms with van der Waals surface area (Å²) >= 11 is 7.01. The average Bonchev–Trinajstić information content (AvgIpc) is 2.61. The molecule has 0 saturated carbocycles. The zero-order chi connectivity index (χ0) is 19.4. The molecule has 0 amide bonds. The van der Waals surface area contributed by atoms with Crippen molar-refractivity contribution in [2.24, 2.45) is 0 Å². The molecule has 0 aliphatic rings. The second-order valence-corrected chi connectivity index (χ2v) is 7.04. The van der Waals surface area contributed by atoms with Gasteiger partial charge < -0.3 is 4.74 Å². The maximum atomic E-state index is 13.2. The van der Waals surface area contributed by atoms with Crippen LogP contribution in [0.3, 0.4) is 0 Å². The van der Waals surface area contributed by atoms with Crippen LogP contribution >= 0.6 is 23.4 Å². The molecule has 140 valence electrons. The van der Waals surface area contributed by atoms with Crippen molar-refractivity contribution < 1.29 is 17.9 Å². The molecule has 3 rings (SSSR count). The van der Waals surface area contributed by atoms with E-state index in [1.165, 1.54) is 0 Å². The summed E-state index contributed by atoms with van der Waals surface area (Å²) < 4.78 is 45.2. The van der Waals surface area contributed by atoms with E-state index in [0.29, 0.717) is 16.5 Å². The molecule has 0 fully saturated rings. The molecule has 2 aromatic carbocycles. The lowest BCUT2D eigenvalue weighted by atomic mass is 10.2. The lowest BCUT2D eigenvalue weighted by Crippen LogP contribution is -2.10. The minimum absolute atomic E-state index is 0.0200. The van der Waals surface area contributed by atoms with Crippen molar-refractivity contribution in [3.8, 4) is 11.6 Å². The van der Waals surface area contributed by atoms with Gasteiger partial charge in [-0.25, -0.2) is 4.98 Å². The standard InChI is InChI=1S/C19H14ClF3N2OS/c1-12-5-2-3-8-15(12)26-17-10-16(19(21,22)23)24-18(25-17)27-11-13-6-4-7-14(20)9-13/h2-10H,11H2,1H3. The van der Waals surface area contributed by atoms with Crippen LogP contribution in [-0.4, -0.2) is 9.97 Å². The first-order chi connectivity index (χ1) is 12.8. The Labute approximate surface area is 163 Å². The van der Waals surface area contributed by atoms with Crippen LogP contribution in [0.5, 0.6) is 11.6 Å². The van der Waals surface area contributed by atoms with Crippen LogP contribution in [0, 0.1) is 6.92 Å². The molecule has 0 saturated heterocycles. The number of hydrogen-bond acceptors (Lipinski definition) is 4. The molecular formula is C19H14ClF3N2OS. The number of hydrogen-bond donors (Lipinski definition) is 0. The van der Waals surface area contributed by atoms with Crippen molar-refractivity contribution in [2.45, 2.75) is 24.0 Å². The molecule has 0 spiro atoms. The summed E-state index contributed by atoms with van der Waals surface area (Å²) in [6, 6.07) is 14.9. The summed E-state index contributed by atoms with van der Waals surface area (Å²) in [6.45, 7) is 1.80. The number of thioether (sulfide) groups is 1. The summed E-state index contributed by atoms with van der Waals surface area (Å²) in [5.74, 6) is 0.668. The lowest BCUT2D eigenvalue weighted by Gasteiger charge is -2.12. The predicted octanol–water partition coefficient (Wildman–Crippen LogP) is 6.54. The predicted molar refractivity (Wildman–Crippen MR) is 99.3 cm³/mol. The molecule has 0 atom stereocenters. The van der Waals surface area contributed by atoms with E-state index in [4.69, 9.17) is 16.3 Å². The topological polar surface area (TPSA) is 35.0 Å². The molecule has 1 heterocycles. The first-order valence-electron chi connectivity index (χ1n) is 7.88. The number of rotatable bonds is 5. The van der Waals surface area contributed by atoms with Gasteiger partial charge in [0.2, 0.25) is 5.88 Å². The van der Waals surface area contributed by atoms with E-state index in [2.05, 4.69) is 9.97 Å². The van der Waals surface area contributed by atoms with Gasteiger partial charge in [0.15, 0.2) is 10.9 Å². The van der Waals surface area contributed by atoms with E-state index in [9.17, 15) is 13.2 Å². The van der Waals surface area contributed by atoms with Gasteiger partial charge in [0.1, 0.15) is 5.75 Å². The molecule has 3 nitrogen and oxygen atoms in total. The molecular weight excluding hydrogens is 397 g/mol. The van der Waals surface area contributed by atoms with E-state index in [1.807, 2.05) is 12.1 Å². The second kappa shape index (κ2) is 8.19. The number of benzene rings is 2. The van der Waals surface area contributed by atoms with Gasteiger partial charge in [-0.2, -0.15) is 18.2 Å². The highest BCUT2D eigenvalue weighted by Gasteiger charge is 2.34. The normalized spacial score (nSPS) is 11.4. The Morgan fingerprint density at radius 3 is 2.52 bits per heavy atom. The van der Waals surface area contributed by atoms with E-state index in [0.717, 1.165) is 29.0 Å². The van der Waals surface area contributed by atoms with Gasteiger partial charge in [0, 0.05) is 16.8 Å². The van der Waals surface area contributed by atoms with Crippen molar-refractivity contribution >= 4 is 23.4 Å². The number of aromatic nitrogens is 2. The largest absolute Gasteiger partial charge is 0.439 e. The van der Waals surface area contributed by atoms with Crippen LogP contribution in [0.2, 0.25) is 5.02 Å². The first kappa shape index (κ1) is 19.5. The van der Waals surface area contributed by atoms with Crippen LogP contribution in [0.1, 0.15) is 16.8 Å². The summed E-state index contributed by atoms with van der Waals surface area (Å²) in [5.41, 5.74) is 0.599. The van der Waals surface area contributed by atoms with Crippen LogP contribution in [0.25, 0.3) is 0 Å². The minimum atomic E-state index is -4.60. The van der Waals surface area contributed by atoms with E-state index in [1.54, 1.807) is 43.3 Å². The fraction of sp³-hybridized carbons (Fsp3) is 0.158. The summed E-state index contributed by atoms with van der Waals surface area (Å²) in [5, 5.41) is 0.537. The zero-order valence-electron chi connectivity index (χ0n) is 14.1. The van der Waals surface area contributed by atoms with E-state index < -0.39 is 11.9 Å². The first-order valence-corrected chi connectivity index (χ1v) is 9.24. The van der Waals surface area contributed by atoms with Crippen molar-refractivity contribution in [3.05, 3.63) is 76.4 Å². The monoisotopic (exact) mass is 410 g/mol. The van der Waals surface area contributed by atoms with Crippen molar-refractivity contribution in [1.82, 2.24) is 9.97 Å². The quantitative estimate of drug-likeness (QED) is 0.353.